The minimum atomic E-state index is -0.783. The van der Waals surface area contributed by atoms with Gasteiger partial charge in [0.15, 0.2) is 0 Å². The van der Waals surface area contributed by atoms with Crippen LogP contribution in [0, 0.1) is 5.92 Å². The van der Waals surface area contributed by atoms with E-state index in [0.717, 1.165) is 0 Å². The van der Waals surface area contributed by atoms with E-state index in [9.17, 15) is 24.0 Å². The van der Waals surface area contributed by atoms with Crippen LogP contribution in [-0.4, -0.2) is 52.7 Å². The highest BCUT2D eigenvalue weighted by Gasteiger charge is 2.26. The van der Waals surface area contributed by atoms with E-state index in [-0.39, 0.29) is 28.9 Å². The van der Waals surface area contributed by atoms with Gasteiger partial charge in [0.2, 0.25) is 5.91 Å². The summed E-state index contributed by atoms with van der Waals surface area (Å²) in [6, 6.07) is 9.61. The zero-order chi connectivity index (χ0) is 24.0. The molecule has 4 amide bonds. The maximum absolute atomic E-state index is 12.7. The molecule has 1 aliphatic rings. The molecule has 0 atom stereocenters. The fourth-order valence-electron chi connectivity index (χ4n) is 3.62. The molecule has 3 rings (SSSR count). The van der Waals surface area contributed by atoms with Crippen LogP contribution in [0.3, 0.4) is 0 Å². The third-order valence-corrected chi connectivity index (χ3v) is 5.48. The minimum absolute atomic E-state index is 0.126. The fraction of sp³-hybridized carbons (Fsp3) is 0.348. The molecule has 1 aromatic carbocycles. The van der Waals surface area contributed by atoms with Gasteiger partial charge in [-0.05, 0) is 55.2 Å². The average molecular weight is 453 g/mol. The molecule has 1 aromatic heterocycles. The standard InChI is InChI=1S/C23H27N5O5/c1-15(29)25-17-5-7-18(8-6-17)26-21(31)20(30)24-14-16-9-12-28(13-10-16)23(33)19-4-3-11-27(2)22(19)32/h3-8,11,16H,9-10,12-14H2,1-2H3,(H,24,30)(H,25,29)(H,26,31). The molecule has 2 aromatic rings. The summed E-state index contributed by atoms with van der Waals surface area (Å²) in [4.78, 5) is 61.8. The Balaban J connectivity index is 1.43. The number of hydrogen-bond acceptors (Lipinski definition) is 5. The molecule has 1 fully saturated rings. The molecule has 0 saturated carbocycles. The van der Waals surface area contributed by atoms with Crippen molar-refractivity contribution in [3.8, 4) is 0 Å². The van der Waals surface area contributed by atoms with Crippen LogP contribution in [0.4, 0.5) is 11.4 Å². The SMILES string of the molecule is CC(=O)Nc1ccc(NC(=O)C(=O)NCC2CCN(C(=O)c3cccn(C)c3=O)CC2)cc1. The zero-order valence-corrected chi connectivity index (χ0v) is 18.6. The van der Waals surface area contributed by atoms with Crippen LogP contribution >= 0.6 is 0 Å². The van der Waals surface area contributed by atoms with Gasteiger partial charge in [0.05, 0.1) is 0 Å². The smallest absolute Gasteiger partial charge is 0.313 e. The molecule has 0 bridgehead atoms. The third kappa shape index (κ3) is 6.28. The molecule has 174 valence electrons. The Morgan fingerprint density at radius 1 is 0.939 bits per heavy atom. The van der Waals surface area contributed by atoms with Gasteiger partial charge >= 0.3 is 11.8 Å². The minimum Gasteiger partial charge on any atom is -0.348 e. The normalized spacial score (nSPS) is 13.8. The van der Waals surface area contributed by atoms with Crippen molar-refractivity contribution in [1.29, 1.82) is 0 Å². The van der Waals surface area contributed by atoms with Gasteiger partial charge in [-0.1, -0.05) is 0 Å². The number of nitrogens with one attached hydrogen (secondary N) is 3. The maximum Gasteiger partial charge on any atom is 0.313 e. The van der Waals surface area contributed by atoms with Crippen molar-refractivity contribution >= 4 is 35.0 Å². The third-order valence-electron chi connectivity index (χ3n) is 5.48. The van der Waals surface area contributed by atoms with Crippen molar-refractivity contribution in [3.63, 3.8) is 0 Å². The molecule has 33 heavy (non-hydrogen) atoms. The number of aromatic nitrogens is 1. The van der Waals surface area contributed by atoms with Gasteiger partial charge in [0.25, 0.3) is 11.5 Å². The van der Waals surface area contributed by atoms with Crippen molar-refractivity contribution in [2.45, 2.75) is 19.8 Å². The van der Waals surface area contributed by atoms with E-state index in [4.69, 9.17) is 0 Å². The highest BCUT2D eigenvalue weighted by atomic mass is 16.2. The van der Waals surface area contributed by atoms with Gasteiger partial charge in [-0.25, -0.2) is 0 Å². The molecule has 0 unspecified atom stereocenters. The number of hydrogen-bond donors (Lipinski definition) is 3. The number of aryl methyl sites for hydroxylation is 1. The Kier molecular flexibility index (Phi) is 7.60. The molecule has 10 heteroatoms. The van der Waals surface area contributed by atoms with Gasteiger partial charge < -0.3 is 25.4 Å². The molecule has 10 nitrogen and oxygen atoms in total. The van der Waals surface area contributed by atoms with E-state index >= 15 is 0 Å². The summed E-state index contributed by atoms with van der Waals surface area (Å²) < 4.78 is 1.37. The van der Waals surface area contributed by atoms with E-state index in [1.165, 1.54) is 17.6 Å². The van der Waals surface area contributed by atoms with Gasteiger partial charge in [0, 0.05) is 51.2 Å². The quantitative estimate of drug-likeness (QED) is 0.581. The first-order valence-corrected chi connectivity index (χ1v) is 10.7. The van der Waals surface area contributed by atoms with Gasteiger partial charge in [-0.3, -0.25) is 24.0 Å². The van der Waals surface area contributed by atoms with Gasteiger partial charge in [0.1, 0.15) is 5.56 Å². The Bertz CT molecular complexity index is 1100. The van der Waals surface area contributed by atoms with Crippen molar-refractivity contribution < 1.29 is 19.2 Å². The highest BCUT2D eigenvalue weighted by Crippen LogP contribution is 2.18. The number of carbonyl (C=O) groups is 4. The number of anilines is 2. The van der Waals surface area contributed by atoms with Gasteiger partial charge in [-0.2, -0.15) is 0 Å². The van der Waals surface area contributed by atoms with Crippen LogP contribution in [-0.2, 0) is 21.4 Å². The lowest BCUT2D eigenvalue weighted by Gasteiger charge is -2.32. The van der Waals surface area contributed by atoms with E-state index < -0.39 is 11.8 Å². The van der Waals surface area contributed by atoms with Crippen LogP contribution < -0.4 is 21.5 Å². The summed E-state index contributed by atoms with van der Waals surface area (Å²) in [5.74, 6) is -1.89. The predicted octanol–water partition coefficient (Wildman–Crippen LogP) is 0.951. The van der Waals surface area contributed by atoms with Crippen molar-refractivity contribution in [2.24, 2.45) is 13.0 Å². The summed E-state index contributed by atoms with van der Waals surface area (Å²) in [5.41, 5.74) is 0.840. The number of pyridine rings is 1. The number of carbonyl (C=O) groups excluding carboxylic acids is 4. The second-order valence-corrected chi connectivity index (χ2v) is 8.00. The van der Waals surface area contributed by atoms with Crippen molar-refractivity contribution in [2.75, 3.05) is 30.3 Å². The van der Waals surface area contributed by atoms with E-state index in [2.05, 4.69) is 16.0 Å². The summed E-state index contributed by atoms with van der Waals surface area (Å²) in [5, 5.41) is 7.77. The van der Waals surface area contributed by atoms with Crippen LogP contribution in [0.1, 0.15) is 30.1 Å². The first-order chi connectivity index (χ1) is 15.7. The first kappa shape index (κ1) is 23.7. The lowest BCUT2D eigenvalue weighted by Crippen LogP contribution is -2.44. The molecule has 2 heterocycles. The molecule has 0 radical (unpaired) electrons. The molecular weight excluding hydrogens is 426 g/mol. The lowest BCUT2D eigenvalue weighted by molar-refractivity contribution is -0.136. The molecule has 0 spiro atoms. The zero-order valence-electron chi connectivity index (χ0n) is 18.6. The number of piperidine rings is 1. The second-order valence-electron chi connectivity index (χ2n) is 8.00. The van der Waals surface area contributed by atoms with E-state index in [1.54, 1.807) is 48.5 Å². The van der Waals surface area contributed by atoms with Crippen molar-refractivity contribution in [1.82, 2.24) is 14.8 Å². The molecule has 1 saturated heterocycles. The molecule has 0 aliphatic carbocycles. The Morgan fingerprint density at radius 2 is 1.55 bits per heavy atom. The molecule has 3 N–H and O–H groups in total. The number of nitrogens with zero attached hydrogens (tertiary/aromatic N) is 2. The summed E-state index contributed by atoms with van der Waals surface area (Å²) in [7, 11) is 1.60. The Hall–Kier alpha value is -3.95. The second kappa shape index (κ2) is 10.6. The number of rotatable bonds is 5. The summed E-state index contributed by atoms with van der Waals surface area (Å²) in [6.07, 6.45) is 2.92. The summed E-state index contributed by atoms with van der Waals surface area (Å²) in [6.45, 7) is 2.67. The van der Waals surface area contributed by atoms with Crippen LogP contribution in [0.15, 0.2) is 47.4 Å². The highest BCUT2D eigenvalue weighted by molar-refractivity contribution is 6.39. The first-order valence-electron chi connectivity index (χ1n) is 10.7. The largest absolute Gasteiger partial charge is 0.348 e. The van der Waals surface area contributed by atoms with Gasteiger partial charge in [-0.15, -0.1) is 0 Å². The lowest BCUT2D eigenvalue weighted by atomic mass is 9.96. The summed E-state index contributed by atoms with van der Waals surface area (Å²) >= 11 is 0. The monoisotopic (exact) mass is 453 g/mol. The topological polar surface area (TPSA) is 130 Å². The molecular formula is C23H27N5O5. The molecule has 1 aliphatic heterocycles. The van der Waals surface area contributed by atoms with E-state index in [0.29, 0.717) is 43.9 Å². The van der Waals surface area contributed by atoms with Crippen LogP contribution in [0.25, 0.3) is 0 Å². The maximum atomic E-state index is 12.7. The van der Waals surface area contributed by atoms with Crippen LogP contribution in [0.5, 0.6) is 0 Å². The number of amides is 4. The predicted molar refractivity (Wildman–Crippen MR) is 123 cm³/mol. The average Bonchev–Trinajstić information content (AvgIpc) is 2.80. The number of likely N-dealkylation sites (tertiary alicyclic amines) is 1. The Morgan fingerprint density at radius 3 is 2.15 bits per heavy atom. The fourth-order valence-corrected chi connectivity index (χ4v) is 3.62. The Labute approximate surface area is 191 Å². The van der Waals surface area contributed by atoms with Crippen molar-refractivity contribution in [3.05, 3.63) is 58.5 Å². The van der Waals surface area contributed by atoms with E-state index in [1.807, 2.05) is 0 Å². The number of benzene rings is 1. The van der Waals surface area contributed by atoms with Crippen LogP contribution in [0.2, 0.25) is 0 Å².